The van der Waals surface area contributed by atoms with Crippen LogP contribution in [0.2, 0.25) is 0 Å². The predicted molar refractivity (Wildman–Crippen MR) is 81.8 cm³/mol. The number of hydrogen-bond donors (Lipinski definition) is 1. The van der Waals surface area contributed by atoms with Crippen molar-refractivity contribution in [3.63, 3.8) is 0 Å². The van der Waals surface area contributed by atoms with Gasteiger partial charge in [-0.25, -0.2) is 9.37 Å². The topological polar surface area (TPSA) is 54.9 Å². The van der Waals surface area contributed by atoms with Crippen LogP contribution in [0.15, 0.2) is 67.0 Å². The minimum Gasteiger partial charge on any atom is -0.321 e. The fraction of sp³-hybridized carbons (Fsp3) is 0. The second-order valence-corrected chi connectivity index (χ2v) is 4.62. The number of carbonyl (C=O) groups excluding carboxylic acids is 1. The van der Waals surface area contributed by atoms with E-state index in [0.717, 1.165) is 0 Å². The molecule has 0 fully saturated rings. The molecule has 4 nitrogen and oxygen atoms in total. The molecule has 1 aromatic heterocycles. The van der Waals surface area contributed by atoms with Crippen molar-refractivity contribution in [2.24, 2.45) is 0 Å². The van der Waals surface area contributed by atoms with E-state index in [2.05, 4.69) is 15.3 Å². The van der Waals surface area contributed by atoms with Crippen LogP contribution in [0.3, 0.4) is 0 Å². The molecule has 5 heteroatoms. The Balaban J connectivity index is 1.86. The van der Waals surface area contributed by atoms with E-state index in [0.29, 0.717) is 16.9 Å². The van der Waals surface area contributed by atoms with Crippen molar-refractivity contribution in [1.82, 2.24) is 9.97 Å². The van der Waals surface area contributed by atoms with E-state index < -0.39 is 0 Å². The van der Waals surface area contributed by atoms with E-state index in [9.17, 15) is 9.18 Å². The highest BCUT2D eigenvalue weighted by molar-refractivity contribution is 6.02. The molecular weight excluding hydrogens is 281 g/mol. The van der Waals surface area contributed by atoms with E-state index in [1.54, 1.807) is 24.3 Å². The number of nitrogens with zero attached hydrogens (tertiary/aromatic N) is 2. The molecule has 0 saturated heterocycles. The van der Waals surface area contributed by atoms with Gasteiger partial charge in [0.1, 0.15) is 11.5 Å². The molecule has 0 bridgehead atoms. The average Bonchev–Trinajstić information content (AvgIpc) is 2.56. The molecule has 3 rings (SSSR count). The van der Waals surface area contributed by atoms with E-state index in [4.69, 9.17) is 0 Å². The maximum absolute atomic E-state index is 13.3. The molecule has 22 heavy (non-hydrogen) atoms. The lowest BCUT2D eigenvalue weighted by atomic mass is 10.1. The Morgan fingerprint density at radius 1 is 1.00 bits per heavy atom. The standard InChI is InChI=1S/C17H12FN3O/c18-13-6-4-5-12(9-13)15-10-19-11-16(21-15)17(22)20-14-7-2-1-3-8-14/h1-11H,(H,20,22). The minimum atomic E-state index is -0.364. The summed E-state index contributed by atoms with van der Waals surface area (Å²) in [5, 5.41) is 2.73. The van der Waals surface area contributed by atoms with Gasteiger partial charge in [-0.05, 0) is 24.3 Å². The second-order valence-electron chi connectivity index (χ2n) is 4.62. The molecule has 3 aromatic rings. The highest BCUT2D eigenvalue weighted by Gasteiger charge is 2.10. The predicted octanol–water partition coefficient (Wildman–Crippen LogP) is 3.54. The molecule has 0 aliphatic carbocycles. The van der Waals surface area contributed by atoms with Gasteiger partial charge in [-0.1, -0.05) is 30.3 Å². The third-order valence-corrected chi connectivity index (χ3v) is 3.02. The van der Waals surface area contributed by atoms with Crippen LogP contribution in [-0.4, -0.2) is 15.9 Å². The molecule has 0 unspecified atom stereocenters. The van der Waals surface area contributed by atoms with Crippen molar-refractivity contribution in [1.29, 1.82) is 0 Å². The first-order valence-corrected chi connectivity index (χ1v) is 6.67. The zero-order valence-electron chi connectivity index (χ0n) is 11.5. The van der Waals surface area contributed by atoms with Crippen molar-refractivity contribution in [2.75, 3.05) is 5.32 Å². The Labute approximate surface area is 126 Å². The Hall–Kier alpha value is -3.08. The summed E-state index contributed by atoms with van der Waals surface area (Å²) < 4.78 is 13.3. The van der Waals surface area contributed by atoms with Crippen LogP contribution in [0.1, 0.15) is 10.5 Å². The maximum atomic E-state index is 13.3. The molecule has 0 atom stereocenters. The molecular formula is C17H12FN3O. The number of anilines is 1. The van der Waals surface area contributed by atoms with Crippen LogP contribution in [0.5, 0.6) is 0 Å². The van der Waals surface area contributed by atoms with Crippen molar-refractivity contribution < 1.29 is 9.18 Å². The summed E-state index contributed by atoms with van der Waals surface area (Å²) in [6.07, 6.45) is 2.87. The summed E-state index contributed by atoms with van der Waals surface area (Å²) in [5.74, 6) is -0.726. The van der Waals surface area contributed by atoms with Gasteiger partial charge in [0.05, 0.1) is 18.1 Å². The van der Waals surface area contributed by atoms with Gasteiger partial charge >= 0.3 is 0 Å². The molecule has 0 spiro atoms. The van der Waals surface area contributed by atoms with Crippen molar-refractivity contribution in [2.45, 2.75) is 0 Å². The number of benzene rings is 2. The molecule has 1 amide bonds. The van der Waals surface area contributed by atoms with Crippen LogP contribution < -0.4 is 5.32 Å². The molecule has 0 saturated carbocycles. The summed E-state index contributed by atoms with van der Waals surface area (Å²) >= 11 is 0. The smallest absolute Gasteiger partial charge is 0.275 e. The van der Waals surface area contributed by atoms with E-state index in [-0.39, 0.29) is 17.4 Å². The number of hydrogen-bond acceptors (Lipinski definition) is 3. The van der Waals surface area contributed by atoms with Gasteiger partial charge < -0.3 is 5.32 Å². The normalized spacial score (nSPS) is 10.2. The molecule has 0 aliphatic heterocycles. The van der Waals surface area contributed by atoms with Gasteiger partial charge in [0.2, 0.25) is 0 Å². The van der Waals surface area contributed by atoms with E-state index in [1.165, 1.54) is 24.5 Å². The number of nitrogens with one attached hydrogen (secondary N) is 1. The van der Waals surface area contributed by atoms with Crippen LogP contribution in [0.25, 0.3) is 11.3 Å². The number of amides is 1. The highest BCUT2D eigenvalue weighted by Crippen LogP contribution is 2.17. The zero-order chi connectivity index (χ0) is 15.4. The molecule has 2 aromatic carbocycles. The average molecular weight is 293 g/mol. The first-order chi connectivity index (χ1) is 10.7. The van der Waals surface area contributed by atoms with Crippen LogP contribution in [-0.2, 0) is 0 Å². The number of aromatic nitrogens is 2. The molecule has 108 valence electrons. The van der Waals surface area contributed by atoms with Crippen molar-refractivity contribution in [3.05, 3.63) is 78.5 Å². The first kappa shape index (κ1) is 13.9. The van der Waals surface area contributed by atoms with Crippen LogP contribution in [0, 0.1) is 5.82 Å². The van der Waals surface area contributed by atoms with Gasteiger partial charge in [-0.15, -0.1) is 0 Å². The largest absolute Gasteiger partial charge is 0.321 e. The Bertz CT molecular complexity index is 806. The lowest BCUT2D eigenvalue weighted by molar-refractivity contribution is 0.102. The summed E-state index contributed by atoms with van der Waals surface area (Å²) in [6, 6.07) is 15.1. The summed E-state index contributed by atoms with van der Waals surface area (Å²) in [6.45, 7) is 0. The second kappa shape index (κ2) is 6.13. The fourth-order valence-corrected chi connectivity index (χ4v) is 1.98. The zero-order valence-corrected chi connectivity index (χ0v) is 11.5. The molecule has 1 heterocycles. The summed E-state index contributed by atoms with van der Waals surface area (Å²) in [7, 11) is 0. The number of rotatable bonds is 3. The molecule has 1 N–H and O–H groups in total. The van der Waals surface area contributed by atoms with E-state index in [1.807, 2.05) is 18.2 Å². The van der Waals surface area contributed by atoms with Crippen molar-refractivity contribution >= 4 is 11.6 Å². The first-order valence-electron chi connectivity index (χ1n) is 6.67. The SMILES string of the molecule is O=C(Nc1ccccc1)c1cncc(-c2cccc(F)c2)n1. The third-order valence-electron chi connectivity index (χ3n) is 3.02. The van der Waals surface area contributed by atoms with Crippen molar-refractivity contribution in [3.8, 4) is 11.3 Å². The Morgan fingerprint density at radius 2 is 1.82 bits per heavy atom. The minimum absolute atomic E-state index is 0.172. The Kier molecular flexibility index (Phi) is 3.87. The van der Waals surface area contributed by atoms with Gasteiger partial charge in [-0.2, -0.15) is 0 Å². The fourth-order valence-electron chi connectivity index (χ4n) is 1.98. The lowest BCUT2D eigenvalue weighted by Crippen LogP contribution is -2.14. The summed E-state index contributed by atoms with van der Waals surface area (Å²) in [4.78, 5) is 20.4. The quantitative estimate of drug-likeness (QED) is 0.803. The lowest BCUT2D eigenvalue weighted by Gasteiger charge is -2.06. The molecule has 0 radical (unpaired) electrons. The van der Waals surface area contributed by atoms with Gasteiger partial charge in [-0.3, -0.25) is 9.78 Å². The monoisotopic (exact) mass is 293 g/mol. The molecule has 0 aliphatic rings. The Morgan fingerprint density at radius 3 is 2.59 bits per heavy atom. The number of halogens is 1. The number of para-hydroxylation sites is 1. The van der Waals surface area contributed by atoms with Gasteiger partial charge in [0.15, 0.2) is 0 Å². The highest BCUT2D eigenvalue weighted by atomic mass is 19.1. The van der Waals surface area contributed by atoms with Crippen LogP contribution >= 0.6 is 0 Å². The van der Waals surface area contributed by atoms with Gasteiger partial charge in [0.25, 0.3) is 5.91 Å². The summed E-state index contributed by atoms with van der Waals surface area (Å²) in [5.41, 5.74) is 1.86. The number of carbonyl (C=O) groups is 1. The maximum Gasteiger partial charge on any atom is 0.275 e. The van der Waals surface area contributed by atoms with Gasteiger partial charge in [0, 0.05) is 11.3 Å². The van der Waals surface area contributed by atoms with Crippen LogP contribution in [0.4, 0.5) is 10.1 Å². The third kappa shape index (κ3) is 3.15. The van der Waals surface area contributed by atoms with E-state index >= 15 is 0 Å².